The van der Waals surface area contributed by atoms with Crippen LogP contribution in [0.3, 0.4) is 0 Å². The van der Waals surface area contributed by atoms with E-state index in [9.17, 15) is 0 Å². The summed E-state index contributed by atoms with van der Waals surface area (Å²) >= 11 is 0. The number of hydrogen-bond acceptors (Lipinski definition) is 3. The Morgan fingerprint density at radius 2 is 1.41 bits per heavy atom. The molecule has 0 rings (SSSR count). The van der Waals surface area contributed by atoms with Crippen molar-refractivity contribution in [3.63, 3.8) is 0 Å². The molecular formula is C26H52N2O. The van der Waals surface area contributed by atoms with Crippen molar-refractivity contribution in [2.75, 3.05) is 40.4 Å². The third-order valence-electron chi connectivity index (χ3n) is 5.22. The second kappa shape index (κ2) is 23.5. The number of nitrogens with zero attached hydrogens (tertiary/aromatic N) is 1. The zero-order valence-electron chi connectivity index (χ0n) is 20.2. The molecule has 29 heavy (non-hydrogen) atoms. The summed E-state index contributed by atoms with van der Waals surface area (Å²) < 4.78 is 5.76. The van der Waals surface area contributed by atoms with Gasteiger partial charge in [-0.25, -0.2) is 0 Å². The molecular weight excluding hydrogens is 356 g/mol. The van der Waals surface area contributed by atoms with Crippen LogP contribution in [0.25, 0.3) is 0 Å². The van der Waals surface area contributed by atoms with Crippen molar-refractivity contribution in [2.24, 2.45) is 0 Å². The molecule has 0 aromatic rings. The Labute approximate surface area is 183 Å². The van der Waals surface area contributed by atoms with Crippen LogP contribution in [-0.2, 0) is 4.74 Å². The van der Waals surface area contributed by atoms with E-state index in [4.69, 9.17) is 4.74 Å². The van der Waals surface area contributed by atoms with Crippen molar-refractivity contribution >= 4 is 0 Å². The van der Waals surface area contributed by atoms with Crippen LogP contribution < -0.4 is 5.32 Å². The van der Waals surface area contributed by atoms with Gasteiger partial charge in [0.25, 0.3) is 0 Å². The lowest BCUT2D eigenvalue weighted by Gasteiger charge is -2.12. The van der Waals surface area contributed by atoms with Gasteiger partial charge < -0.3 is 15.0 Å². The summed E-state index contributed by atoms with van der Waals surface area (Å²) in [4.78, 5) is 2.23. The van der Waals surface area contributed by atoms with E-state index < -0.39 is 0 Å². The van der Waals surface area contributed by atoms with Gasteiger partial charge in [-0.05, 0) is 72.0 Å². The monoisotopic (exact) mass is 408 g/mol. The number of unbranched alkanes of at least 4 members (excludes halogenated alkanes) is 10. The van der Waals surface area contributed by atoms with Crippen molar-refractivity contribution in [1.29, 1.82) is 0 Å². The minimum absolute atomic E-state index is 0.912. The molecule has 172 valence electrons. The second-order valence-electron chi connectivity index (χ2n) is 8.63. The lowest BCUT2D eigenvalue weighted by Crippen LogP contribution is -2.17. The van der Waals surface area contributed by atoms with Gasteiger partial charge in [0.05, 0.1) is 0 Å². The zero-order chi connectivity index (χ0) is 21.4. The summed E-state index contributed by atoms with van der Waals surface area (Å²) in [7, 11) is 4.24. The molecule has 0 unspecified atom stereocenters. The highest BCUT2D eigenvalue weighted by molar-refractivity contribution is 4.90. The molecule has 0 bridgehead atoms. The highest BCUT2D eigenvalue weighted by Crippen LogP contribution is 2.08. The summed E-state index contributed by atoms with van der Waals surface area (Å²) in [5.41, 5.74) is 1.19. The Balaban J connectivity index is 3.16. The maximum atomic E-state index is 5.76. The van der Waals surface area contributed by atoms with Crippen LogP contribution in [-0.4, -0.2) is 45.3 Å². The predicted octanol–water partition coefficient (Wildman–Crippen LogP) is 7.10. The minimum Gasteiger partial charge on any atom is -0.389 e. The largest absolute Gasteiger partial charge is 0.389 e. The molecule has 0 fully saturated rings. The molecule has 0 heterocycles. The highest BCUT2D eigenvalue weighted by Gasteiger charge is 1.96. The molecule has 0 atom stereocenters. The van der Waals surface area contributed by atoms with Crippen LogP contribution in [0.15, 0.2) is 24.4 Å². The van der Waals surface area contributed by atoms with E-state index in [-0.39, 0.29) is 0 Å². The fourth-order valence-electron chi connectivity index (χ4n) is 3.33. The molecule has 0 saturated heterocycles. The zero-order valence-corrected chi connectivity index (χ0v) is 20.2. The lowest BCUT2D eigenvalue weighted by molar-refractivity contribution is 0.128. The molecule has 0 spiro atoms. The number of allylic oxidation sites excluding steroid dienone is 3. The van der Waals surface area contributed by atoms with Gasteiger partial charge in [0.2, 0.25) is 0 Å². The summed E-state index contributed by atoms with van der Waals surface area (Å²) in [5, 5.41) is 3.46. The predicted molar refractivity (Wildman–Crippen MR) is 131 cm³/mol. The SMILES string of the molecule is C=C(CCCN(C)C)NCCCCCCOCCC/C=C\CCCCCCCC. The minimum atomic E-state index is 0.912. The Morgan fingerprint density at radius 1 is 0.793 bits per heavy atom. The number of rotatable bonds is 23. The Bertz CT molecular complexity index is 366. The molecule has 1 N–H and O–H groups in total. The molecule has 0 aliphatic rings. The molecule has 0 saturated carbocycles. The van der Waals surface area contributed by atoms with Crippen LogP contribution in [0.4, 0.5) is 0 Å². The van der Waals surface area contributed by atoms with Gasteiger partial charge in [0.15, 0.2) is 0 Å². The molecule has 0 radical (unpaired) electrons. The Kier molecular flexibility index (Phi) is 22.8. The Morgan fingerprint density at radius 3 is 2.17 bits per heavy atom. The summed E-state index contributed by atoms with van der Waals surface area (Å²) in [6, 6.07) is 0. The average Bonchev–Trinajstić information content (AvgIpc) is 2.69. The first kappa shape index (κ1) is 28.2. The average molecular weight is 409 g/mol. The molecule has 0 amide bonds. The van der Waals surface area contributed by atoms with Gasteiger partial charge in [-0.15, -0.1) is 0 Å². The summed E-state index contributed by atoms with van der Waals surface area (Å²) in [6.45, 7) is 10.4. The van der Waals surface area contributed by atoms with Gasteiger partial charge in [0, 0.05) is 25.5 Å². The molecule has 0 aliphatic carbocycles. The van der Waals surface area contributed by atoms with Gasteiger partial charge in [0.1, 0.15) is 0 Å². The van der Waals surface area contributed by atoms with Crippen LogP contribution in [0, 0.1) is 0 Å². The highest BCUT2D eigenvalue weighted by atomic mass is 16.5. The first-order chi connectivity index (χ1) is 14.2. The summed E-state index contributed by atoms with van der Waals surface area (Å²) in [5.74, 6) is 0. The van der Waals surface area contributed by atoms with Gasteiger partial charge in [-0.2, -0.15) is 0 Å². The van der Waals surface area contributed by atoms with Crippen molar-refractivity contribution in [2.45, 2.75) is 103 Å². The van der Waals surface area contributed by atoms with E-state index in [2.05, 4.69) is 50.0 Å². The quantitative estimate of drug-likeness (QED) is 0.144. The van der Waals surface area contributed by atoms with Gasteiger partial charge in [-0.3, -0.25) is 0 Å². The van der Waals surface area contributed by atoms with Crippen molar-refractivity contribution in [3.05, 3.63) is 24.4 Å². The maximum absolute atomic E-state index is 5.76. The third-order valence-corrected chi connectivity index (χ3v) is 5.22. The fraction of sp³-hybridized carbons (Fsp3) is 0.846. The Hall–Kier alpha value is -0.800. The summed E-state index contributed by atoms with van der Waals surface area (Å²) in [6.07, 6.45) is 23.9. The second-order valence-corrected chi connectivity index (χ2v) is 8.63. The first-order valence-electron chi connectivity index (χ1n) is 12.5. The molecule has 0 aromatic carbocycles. The topological polar surface area (TPSA) is 24.5 Å². The van der Waals surface area contributed by atoms with E-state index >= 15 is 0 Å². The van der Waals surface area contributed by atoms with Crippen LogP contribution in [0.5, 0.6) is 0 Å². The number of ether oxygens (including phenoxy) is 1. The third kappa shape index (κ3) is 25.2. The van der Waals surface area contributed by atoms with Crippen molar-refractivity contribution < 1.29 is 4.74 Å². The van der Waals surface area contributed by atoms with Crippen molar-refractivity contribution in [3.8, 4) is 0 Å². The van der Waals surface area contributed by atoms with Crippen LogP contribution in [0.1, 0.15) is 103 Å². The maximum Gasteiger partial charge on any atom is 0.0468 e. The van der Waals surface area contributed by atoms with E-state index in [1.54, 1.807) is 0 Å². The van der Waals surface area contributed by atoms with Crippen LogP contribution in [0.2, 0.25) is 0 Å². The van der Waals surface area contributed by atoms with Gasteiger partial charge >= 0.3 is 0 Å². The lowest BCUT2D eigenvalue weighted by atomic mass is 10.1. The molecule has 3 heteroatoms. The van der Waals surface area contributed by atoms with Crippen LogP contribution >= 0.6 is 0 Å². The van der Waals surface area contributed by atoms with E-state index in [0.717, 1.165) is 39.1 Å². The normalized spacial score (nSPS) is 11.6. The van der Waals surface area contributed by atoms with E-state index in [1.807, 2.05) is 0 Å². The molecule has 3 nitrogen and oxygen atoms in total. The van der Waals surface area contributed by atoms with E-state index in [0.29, 0.717) is 0 Å². The molecule has 0 aliphatic heterocycles. The number of hydrogen-bond donors (Lipinski definition) is 1. The van der Waals surface area contributed by atoms with Crippen molar-refractivity contribution in [1.82, 2.24) is 10.2 Å². The standard InChI is InChI=1S/C26H52N2O/c1-5-6-7-8-9-10-11-12-13-15-18-24-29-25-19-16-14-17-22-27-26(2)21-20-23-28(3)4/h12-13,27H,2,5-11,14-25H2,1,3-4H3/b13-12-. The number of nitrogens with one attached hydrogen (secondary N) is 1. The van der Waals surface area contributed by atoms with Gasteiger partial charge in [-0.1, -0.05) is 70.6 Å². The van der Waals surface area contributed by atoms with E-state index in [1.165, 1.54) is 89.2 Å². The molecule has 0 aromatic heterocycles. The first-order valence-corrected chi connectivity index (χ1v) is 12.5. The smallest absolute Gasteiger partial charge is 0.0468 e. The fourth-order valence-corrected chi connectivity index (χ4v) is 3.33.